The lowest BCUT2D eigenvalue weighted by atomic mass is 9.85. The minimum atomic E-state index is -5.06. The zero-order chi connectivity index (χ0) is 16.3. The second-order valence-corrected chi connectivity index (χ2v) is 5.09. The Bertz CT molecular complexity index is 550. The van der Waals surface area contributed by atoms with Crippen molar-refractivity contribution in [2.45, 2.75) is 37.9 Å². The van der Waals surface area contributed by atoms with Crippen molar-refractivity contribution in [3.05, 3.63) is 18.6 Å². The summed E-state index contributed by atoms with van der Waals surface area (Å²) in [5, 5.41) is 9.05. The first kappa shape index (κ1) is 16.2. The third kappa shape index (κ3) is 3.52. The molecule has 1 fully saturated rings. The number of amides is 1. The maximum atomic E-state index is 12.8. The van der Waals surface area contributed by atoms with Crippen molar-refractivity contribution in [2.75, 3.05) is 4.90 Å². The highest BCUT2D eigenvalue weighted by molar-refractivity contribution is 5.97. The number of carbonyl (C=O) groups is 2. The fraction of sp³-hybridized carbons (Fsp3) is 0.538. The van der Waals surface area contributed by atoms with Crippen LogP contribution in [0.2, 0.25) is 0 Å². The summed E-state index contributed by atoms with van der Waals surface area (Å²) in [6, 6.07) is -0.860. The number of rotatable bonds is 3. The van der Waals surface area contributed by atoms with Gasteiger partial charge in [0.25, 0.3) is 0 Å². The topological polar surface area (TPSA) is 83.4 Å². The average Bonchev–Trinajstić information content (AvgIpc) is 2.48. The SMILES string of the molecule is O=C(O)C1CCCC(N(C(=O)C(F)(F)F)c2cnccn2)C1. The van der Waals surface area contributed by atoms with Crippen LogP contribution in [0.5, 0.6) is 0 Å². The van der Waals surface area contributed by atoms with Crippen LogP contribution in [-0.2, 0) is 9.59 Å². The molecule has 1 amide bonds. The van der Waals surface area contributed by atoms with Crippen LogP contribution in [0.4, 0.5) is 19.0 Å². The fourth-order valence-corrected chi connectivity index (χ4v) is 2.63. The molecule has 0 bridgehead atoms. The van der Waals surface area contributed by atoms with Crippen LogP contribution in [0.3, 0.4) is 0 Å². The van der Waals surface area contributed by atoms with E-state index >= 15 is 0 Å². The Labute approximate surface area is 124 Å². The molecule has 1 saturated carbocycles. The number of halogens is 3. The molecule has 1 aromatic heterocycles. The predicted octanol–water partition coefficient (Wildman–Crippen LogP) is 2.02. The Kier molecular flexibility index (Phi) is 4.62. The summed E-state index contributed by atoms with van der Waals surface area (Å²) in [6.07, 6.45) is -0.453. The molecular weight excluding hydrogens is 303 g/mol. The van der Waals surface area contributed by atoms with Gasteiger partial charge in [-0.15, -0.1) is 0 Å². The van der Waals surface area contributed by atoms with E-state index in [-0.39, 0.29) is 12.2 Å². The molecule has 1 aromatic rings. The van der Waals surface area contributed by atoms with Crippen LogP contribution in [0.25, 0.3) is 0 Å². The molecule has 0 aliphatic heterocycles. The van der Waals surface area contributed by atoms with Crippen molar-refractivity contribution in [1.29, 1.82) is 0 Å². The van der Waals surface area contributed by atoms with E-state index in [1.54, 1.807) is 0 Å². The van der Waals surface area contributed by atoms with Gasteiger partial charge in [0.2, 0.25) is 0 Å². The molecule has 2 atom stereocenters. The number of hydrogen-bond acceptors (Lipinski definition) is 4. The standard InChI is InChI=1S/C13H14F3N3O3/c14-13(15,16)12(22)19(10-7-17-4-5-18-10)9-3-1-2-8(6-9)11(20)21/h4-5,7-9H,1-3,6H2,(H,20,21). The van der Waals surface area contributed by atoms with Crippen molar-refractivity contribution in [3.8, 4) is 0 Å². The Hall–Kier alpha value is -2.19. The van der Waals surface area contributed by atoms with Gasteiger partial charge in [0.15, 0.2) is 5.82 Å². The van der Waals surface area contributed by atoms with Gasteiger partial charge in [0, 0.05) is 18.4 Å². The van der Waals surface area contributed by atoms with Crippen LogP contribution < -0.4 is 4.90 Å². The highest BCUT2D eigenvalue weighted by atomic mass is 19.4. The highest BCUT2D eigenvalue weighted by Crippen LogP contribution is 2.33. The lowest BCUT2D eigenvalue weighted by Gasteiger charge is -2.35. The average molecular weight is 317 g/mol. The molecule has 1 aliphatic carbocycles. The molecule has 1 N–H and O–H groups in total. The molecule has 2 unspecified atom stereocenters. The summed E-state index contributed by atoms with van der Waals surface area (Å²) in [6.45, 7) is 0. The van der Waals surface area contributed by atoms with Gasteiger partial charge in [0.05, 0.1) is 12.1 Å². The van der Waals surface area contributed by atoms with Gasteiger partial charge in [-0.3, -0.25) is 19.5 Å². The maximum Gasteiger partial charge on any atom is 0.471 e. The molecule has 1 heterocycles. The number of carboxylic acid groups (broad SMARTS) is 1. The van der Waals surface area contributed by atoms with E-state index in [9.17, 15) is 22.8 Å². The van der Waals surface area contributed by atoms with E-state index in [4.69, 9.17) is 5.11 Å². The molecule has 0 radical (unpaired) electrons. The van der Waals surface area contributed by atoms with Gasteiger partial charge in [-0.1, -0.05) is 6.42 Å². The first-order chi connectivity index (χ1) is 10.3. The zero-order valence-corrected chi connectivity index (χ0v) is 11.5. The van der Waals surface area contributed by atoms with E-state index < -0.39 is 30.0 Å². The summed E-state index contributed by atoms with van der Waals surface area (Å²) in [7, 11) is 0. The smallest absolute Gasteiger partial charge is 0.471 e. The van der Waals surface area contributed by atoms with Gasteiger partial charge >= 0.3 is 18.1 Å². The van der Waals surface area contributed by atoms with Crippen molar-refractivity contribution in [1.82, 2.24) is 9.97 Å². The summed E-state index contributed by atoms with van der Waals surface area (Å²) in [5.41, 5.74) is 0. The second kappa shape index (κ2) is 6.29. The number of carbonyl (C=O) groups excluding carboxylic acids is 1. The van der Waals surface area contributed by atoms with E-state index in [0.29, 0.717) is 24.2 Å². The molecule has 2 rings (SSSR count). The molecule has 0 aromatic carbocycles. The molecule has 9 heteroatoms. The summed E-state index contributed by atoms with van der Waals surface area (Å²) in [4.78, 5) is 30.8. The number of alkyl halides is 3. The third-order valence-electron chi connectivity index (χ3n) is 3.62. The predicted molar refractivity (Wildman–Crippen MR) is 69.0 cm³/mol. The number of hydrogen-bond donors (Lipinski definition) is 1. The minimum absolute atomic E-state index is 0.0340. The van der Waals surface area contributed by atoms with Gasteiger partial charge in [-0.25, -0.2) is 4.98 Å². The third-order valence-corrected chi connectivity index (χ3v) is 3.62. The largest absolute Gasteiger partial charge is 0.481 e. The van der Waals surface area contributed by atoms with Crippen molar-refractivity contribution < 1.29 is 27.9 Å². The zero-order valence-electron chi connectivity index (χ0n) is 11.5. The molecule has 1 aliphatic rings. The summed E-state index contributed by atoms with van der Waals surface area (Å²) < 4.78 is 38.5. The molecular formula is C13H14F3N3O3. The first-order valence-electron chi connectivity index (χ1n) is 6.70. The van der Waals surface area contributed by atoms with E-state index in [2.05, 4.69) is 9.97 Å². The van der Waals surface area contributed by atoms with E-state index in [0.717, 1.165) is 6.20 Å². The number of aliphatic carboxylic acids is 1. The highest BCUT2D eigenvalue weighted by Gasteiger charge is 2.47. The Balaban J connectivity index is 2.32. The van der Waals surface area contributed by atoms with Crippen LogP contribution in [0.15, 0.2) is 18.6 Å². The molecule has 0 spiro atoms. The number of carboxylic acids is 1. The lowest BCUT2D eigenvalue weighted by molar-refractivity contribution is -0.171. The minimum Gasteiger partial charge on any atom is -0.481 e. The molecule has 0 saturated heterocycles. The monoisotopic (exact) mass is 317 g/mol. The van der Waals surface area contributed by atoms with Gasteiger partial charge in [-0.05, 0) is 19.3 Å². The van der Waals surface area contributed by atoms with E-state index in [1.165, 1.54) is 12.4 Å². The number of aromatic nitrogens is 2. The van der Waals surface area contributed by atoms with Crippen LogP contribution in [0.1, 0.15) is 25.7 Å². The molecule has 22 heavy (non-hydrogen) atoms. The Morgan fingerprint density at radius 2 is 2.00 bits per heavy atom. The van der Waals surface area contributed by atoms with Crippen LogP contribution in [0, 0.1) is 5.92 Å². The van der Waals surface area contributed by atoms with E-state index in [1.807, 2.05) is 0 Å². The van der Waals surface area contributed by atoms with Gasteiger partial charge in [-0.2, -0.15) is 13.2 Å². The Morgan fingerprint density at radius 1 is 1.27 bits per heavy atom. The normalized spacial score (nSPS) is 22.1. The number of nitrogens with zero attached hydrogens (tertiary/aromatic N) is 3. The van der Waals surface area contributed by atoms with Crippen LogP contribution in [-0.4, -0.2) is 39.2 Å². The van der Waals surface area contributed by atoms with Crippen molar-refractivity contribution in [3.63, 3.8) is 0 Å². The van der Waals surface area contributed by atoms with Crippen molar-refractivity contribution in [2.24, 2.45) is 5.92 Å². The Morgan fingerprint density at radius 3 is 2.55 bits per heavy atom. The summed E-state index contributed by atoms with van der Waals surface area (Å²) >= 11 is 0. The second-order valence-electron chi connectivity index (χ2n) is 5.09. The van der Waals surface area contributed by atoms with Crippen LogP contribution >= 0.6 is 0 Å². The summed E-state index contributed by atoms with van der Waals surface area (Å²) in [5.74, 6) is -4.10. The lowest BCUT2D eigenvalue weighted by Crippen LogP contribution is -2.50. The molecule has 120 valence electrons. The first-order valence-corrected chi connectivity index (χ1v) is 6.70. The maximum absolute atomic E-state index is 12.8. The van der Waals surface area contributed by atoms with Gasteiger partial charge in [0.1, 0.15) is 0 Å². The molecule has 6 nitrogen and oxygen atoms in total. The fourth-order valence-electron chi connectivity index (χ4n) is 2.63. The number of anilines is 1. The van der Waals surface area contributed by atoms with Crippen molar-refractivity contribution >= 4 is 17.7 Å². The van der Waals surface area contributed by atoms with Gasteiger partial charge < -0.3 is 5.11 Å². The quantitative estimate of drug-likeness (QED) is 0.922.